The zero-order chi connectivity index (χ0) is 19.5. The van der Waals surface area contributed by atoms with Gasteiger partial charge in [-0.25, -0.2) is 4.79 Å². The van der Waals surface area contributed by atoms with Gasteiger partial charge in [-0.15, -0.1) is 5.06 Å². The number of ether oxygens (including phenoxy) is 1. The van der Waals surface area contributed by atoms with Crippen LogP contribution < -0.4 is 0 Å². The SMILES string of the molecule is O=C(COC1Cc2ccccc2C#Cc2ccccc21)ON1C(=O)CCC1=O. The van der Waals surface area contributed by atoms with Gasteiger partial charge in [-0.3, -0.25) is 9.59 Å². The van der Waals surface area contributed by atoms with Crippen LogP contribution in [0.25, 0.3) is 0 Å². The van der Waals surface area contributed by atoms with E-state index in [2.05, 4.69) is 11.8 Å². The minimum Gasteiger partial charge on any atom is -0.361 e. The molecule has 1 fully saturated rings. The number of fused-ring (bicyclic) bond motifs is 2. The maximum absolute atomic E-state index is 12.1. The predicted molar refractivity (Wildman–Crippen MR) is 98.4 cm³/mol. The maximum atomic E-state index is 12.1. The molecule has 140 valence electrons. The molecule has 1 aliphatic heterocycles. The number of carbonyl (C=O) groups excluding carboxylic acids is 3. The van der Waals surface area contributed by atoms with Crippen molar-refractivity contribution in [3.05, 3.63) is 70.8 Å². The molecule has 28 heavy (non-hydrogen) atoms. The summed E-state index contributed by atoms with van der Waals surface area (Å²) in [5.74, 6) is 4.53. The van der Waals surface area contributed by atoms with E-state index in [1.54, 1.807) is 0 Å². The van der Waals surface area contributed by atoms with Crippen LogP contribution >= 0.6 is 0 Å². The number of carbonyl (C=O) groups is 3. The van der Waals surface area contributed by atoms with Gasteiger partial charge in [-0.1, -0.05) is 48.2 Å². The average molecular weight is 375 g/mol. The molecule has 0 bridgehead atoms. The van der Waals surface area contributed by atoms with E-state index in [-0.39, 0.29) is 19.4 Å². The Morgan fingerprint density at radius 3 is 2.39 bits per heavy atom. The quantitative estimate of drug-likeness (QED) is 0.606. The highest BCUT2D eigenvalue weighted by Gasteiger charge is 2.33. The number of hydrogen-bond acceptors (Lipinski definition) is 5. The molecule has 1 aliphatic carbocycles. The van der Waals surface area contributed by atoms with Crippen molar-refractivity contribution in [1.82, 2.24) is 5.06 Å². The van der Waals surface area contributed by atoms with Crippen molar-refractivity contribution >= 4 is 17.8 Å². The van der Waals surface area contributed by atoms with E-state index < -0.39 is 23.9 Å². The van der Waals surface area contributed by atoms with Crippen LogP contribution in [0.1, 0.15) is 41.2 Å². The number of hydroxylamine groups is 2. The van der Waals surface area contributed by atoms with E-state index >= 15 is 0 Å². The molecule has 6 nitrogen and oxygen atoms in total. The van der Waals surface area contributed by atoms with Crippen LogP contribution in [-0.2, 0) is 30.4 Å². The number of nitrogens with zero attached hydrogens (tertiary/aromatic N) is 1. The van der Waals surface area contributed by atoms with E-state index in [9.17, 15) is 14.4 Å². The normalized spacial score (nSPS) is 17.7. The Bertz CT molecular complexity index is 1000. The molecular formula is C22H17NO5. The topological polar surface area (TPSA) is 72.9 Å². The summed E-state index contributed by atoms with van der Waals surface area (Å²) >= 11 is 0. The molecule has 4 rings (SSSR count). The summed E-state index contributed by atoms with van der Waals surface area (Å²) in [6.07, 6.45) is 0.234. The van der Waals surface area contributed by atoms with Crippen molar-refractivity contribution in [2.45, 2.75) is 25.4 Å². The standard InChI is InChI=1S/C22H17NO5/c24-20-11-12-21(25)23(20)28-22(26)14-27-19-13-17-7-2-1-5-15(17)9-10-16-6-3-4-8-18(16)19/h1-8,19H,11-14H2. The molecule has 0 N–H and O–H groups in total. The van der Waals surface area contributed by atoms with Gasteiger partial charge in [0.15, 0.2) is 0 Å². The molecule has 2 aromatic carbocycles. The van der Waals surface area contributed by atoms with Crippen molar-refractivity contribution in [3.63, 3.8) is 0 Å². The van der Waals surface area contributed by atoms with Crippen molar-refractivity contribution in [1.29, 1.82) is 0 Å². The minimum atomic E-state index is -0.789. The minimum absolute atomic E-state index is 0.0540. The van der Waals surface area contributed by atoms with Gasteiger partial charge in [0.1, 0.15) is 6.61 Å². The summed E-state index contributed by atoms with van der Waals surface area (Å²) in [5.41, 5.74) is 3.65. The Morgan fingerprint density at radius 1 is 0.964 bits per heavy atom. The van der Waals surface area contributed by atoms with Crippen LogP contribution in [0.2, 0.25) is 0 Å². The molecular weight excluding hydrogens is 358 g/mol. The zero-order valence-electron chi connectivity index (χ0n) is 15.0. The van der Waals surface area contributed by atoms with Crippen molar-refractivity contribution in [2.75, 3.05) is 6.61 Å². The van der Waals surface area contributed by atoms with Gasteiger partial charge >= 0.3 is 5.97 Å². The fraction of sp³-hybridized carbons (Fsp3) is 0.227. The summed E-state index contributed by atoms with van der Waals surface area (Å²) in [5, 5.41) is 0.526. The third-order valence-corrected chi connectivity index (χ3v) is 4.66. The van der Waals surface area contributed by atoms with Gasteiger partial charge in [-0.05, 0) is 23.3 Å². The van der Waals surface area contributed by atoms with Gasteiger partial charge < -0.3 is 9.57 Å². The van der Waals surface area contributed by atoms with Crippen LogP contribution in [0.3, 0.4) is 0 Å². The number of hydrogen-bond donors (Lipinski definition) is 0. The summed E-state index contributed by atoms with van der Waals surface area (Å²) in [4.78, 5) is 40.2. The zero-order valence-corrected chi connectivity index (χ0v) is 15.0. The second kappa shape index (κ2) is 7.67. The Hall–Kier alpha value is -3.43. The molecule has 0 radical (unpaired) electrons. The second-order valence-electron chi connectivity index (χ2n) is 6.54. The van der Waals surface area contributed by atoms with E-state index in [0.29, 0.717) is 11.5 Å². The van der Waals surface area contributed by atoms with Crippen LogP contribution in [0.5, 0.6) is 0 Å². The number of rotatable bonds is 4. The molecule has 1 saturated heterocycles. The third kappa shape index (κ3) is 3.66. The molecule has 1 unspecified atom stereocenters. The Kier molecular flexibility index (Phi) is 4.92. The van der Waals surface area contributed by atoms with E-state index in [1.807, 2.05) is 48.5 Å². The number of imide groups is 1. The van der Waals surface area contributed by atoms with E-state index in [0.717, 1.165) is 22.3 Å². The lowest BCUT2D eigenvalue weighted by Crippen LogP contribution is -2.33. The molecule has 2 aromatic rings. The number of amides is 2. The largest absolute Gasteiger partial charge is 0.361 e. The van der Waals surface area contributed by atoms with Gasteiger partial charge in [0.25, 0.3) is 11.8 Å². The highest BCUT2D eigenvalue weighted by atomic mass is 16.7. The van der Waals surface area contributed by atoms with Crippen molar-refractivity contribution < 1.29 is 24.0 Å². The molecule has 0 spiro atoms. The van der Waals surface area contributed by atoms with Crippen LogP contribution in [-0.4, -0.2) is 29.5 Å². The Morgan fingerprint density at radius 2 is 1.61 bits per heavy atom. The first-order chi connectivity index (χ1) is 13.6. The molecule has 0 saturated carbocycles. The van der Waals surface area contributed by atoms with Crippen LogP contribution in [0.4, 0.5) is 0 Å². The highest BCUT2D eigenvalue weighted by Crippen LogP contribution is 2.28. The van der Waals surface area contributed by atoms with Crippen LogP contribution in [0, 0.1) is 11.8 Å². The lowest BCUT2D eigenvalue weighted by atomic mass is 9.92. The molecule has 1 heterocycles. The Labute approximate surface area is 162 Å². The first-order valence-corrected chi connectivity index (χ1v) is 8.99. The van der Waals surface area contributed by atoms with Gasteiger partial charge in [0.2, 0.25) is 0 Å². The molecule has 2 aliphatic rings. The predicted octanol–water partition coefficient (Wildman–Crippen LogP) is 2.31. The number of benzene rings is 2. The van der Waals surface area contributed by atoms with Gasteiger partial charge in [-0.2, -0.15) is 0 Å². The fourth-order valence-electron chi connectivity index (χ4n) is 3.26. The van der Waals surface area contributed by atoms with E-state index in [1.165, 1.54) is 0 Å². The molecule has 1 atom stereocenters. The average Bonchev–Trinajstić information content (AvgIpc) is 3.01. The molecule has 2 amide bonds. The molecule has 0 aromatic heterocycles. The lowest BCUT2D eigenvalue weighted by Gasteiger charge is -2.22. The highest BCUT2D eigenvalue weighted by molar-refractivity contribution is 6.01. The third-order valence-electron chi connectivity index (χ3n) is 4.66. The summed E-state index contributed by atoms with van der Waals surface area (Å²) in [7, 11) is 0. The molecule has 6 heteroatoms. The smallest absolute Gasteiger partial charge is 0.358 e. The lowest BCUT2D eigenvalue weighted by molar-refractivity contribution is -0.201. The van der Waals surface area contributed by atoms with Crippen LogP contribution in [0.15, 0.2) is 48.5 Å². The monoisotopic (exact) mass is 375 g/mol. The van der Waals surface area contributed by atoms with Gasteiger partial charge in [0.05, 0.1) is 6.10 Å². The first-order valence-electron chi connectivity index (χ1n) is 8.99. The van der Waals surface area contributed by atoms with Crippen molar-refractivity contribution in [3.8, 4) is 11.8 Å². The fourth-order valence-corrected chi connectivity index (χ4v) is 3.26. The first kappa shape index (κ1) is 18.0. The Balaban J connectivity index is 1.52. The van der Waals surface area contributed by atoms with Gasteiger partial charge in [0, 0.05) is 30.4 Å². The van der Waals surface area contributed by atoms with Crippen molar-refractivity contribution in [2.24, 2.45) is 0 Å². The summed E-state index contributed by atoms with van der Waals surface area (Å²) in [6, 6.07) is 15.4. The second-order valence-corrected chi connectivity index (χ2v) is 6.54. The summed E-state index contributed by atoms with van der Waals surface area (Å²) < 4.78 is 5.85. The maximum Gasteiger partial charge on any atom is 0.358 e. The summed E-state index contributed by atoms with van der Waals surface area (Å²) in [6.45, 7) is -0.383. The van der Waals surface area contributed by atoms with E-state index in [4.69, 9.17) is 9.57 Å².